The standard InChI is InChI=1S/C28H57NO5/c1-5-6-7-8-9-10-11-12-13-14-15-16-17-18-19-20-21-33-23-25(30)22-29-26(27(31)32)24-34-28(2,3)4/h25-26,29-30H,5-24H2,1-4H3,(H,31,32). The van der Waals surface area contributed by atoms with Crippen LogP contribution in [0.5, 0.6) is 0 Å². The molecule has 0 aromatic carbocycles. The average molecular weight is 488 g/mol. The lowest BCUT2D eigenvalue weighted by Gasteiger charge is -2.23. The largest absolute Gasteiger partial charge is 0.480 e. The van der Waals surface area contributed by atoms with E-state index in [1.54, 1.807) is 0 Å². The molecule has 0 saturated heterocycles. The van der Waals surface area contributed by atoms with E-state index in [4.69, 9.17) is 9.47 Å². The van der Waals surface area contributed by atoms with Gasteiger partial charge in [0, 0.05) is 13.2 Å². The van der Waals surface area contributed by atoms with E-state index in [1.165, 1.54) is 89.9 Å². The summed E-state index contributed by atoms with van der Waals surface area (Å²) in [6.07, 6.45) is 20.8. The van der Waals surface area contributed by atoms with Crippen molar-refractivity contribution in [3.63, 3.8) is 0 Å². The van der Waals surface area contributed by atoms with Gasteiger partial charge in [0.15, 0.2) is 0 Å². The minimum Gasteiger partial charge on any atom is -0.480 e. The second kappa shape index (κ2) is 22.8. The quantitative estimate of drug-likeness (QED) is 0.128. The Morgan fingerprint density at radius 1 is 0.765 bits per heavy atom. The third kappa shape index (κ3) is 24.4. The van der Waals surface area contributed by atoms with Crippen molar-refractivity contribution in [1.82, 2.24) is 5.32 Å². The van der Waals surface area contributed by atoms with E-state index < -0.39 is 23.7 Å². The zero-order valence-corrected chi connectivity index (χ0v) is 22.9. The summed E-state index contributed by atoms with van der Waals surface area (Å²) in [5, 5.41) is 22.1. The first-order valence-corrected chi connectivity index (χ1v) is 14.1. The fraction of sp³-hybridized carbons (Fsp3) is 0.964. The average Bonchev–Trinajstić information content (AvgIpc) is 2.77. The molecule has 0 rings (SSSR count). The number of ether oxygens (including phenoxy) is 2. The predicted molar refractivity (Wildman–Crippen MR) is 142 cm³/mol. The molecule has 0 fully saturated rings. The molecule has 0 heterocycles. The summed E-state index contributed by atoms with van der Waals surface area (Å²) in [6, 6.07) is -0.839. The molecule has 0 aliphatic rings. The second-order valence-corrected chi connectivity index (χ2v) is 10.8. The Labute approximate surface area is 210 Å². The van der Waals surface area contributed by atoms with Gasteiger partial charge in [0.25, 0.3) is 0 Å². The molecule has 34 heavy (non-hydrogen) atoms. The van der Waals surface area contributed by atoms with E-state index in [1.807, 2.05) is 20.8 Å². The van der Waals surface area contributed by atoms with Crippen LogP contribution in [0.1, 0.15) is 130 Å². The van der Waals surface area contributed by atoms with Crippen LogP contribution in [0.2, 0.25) is 0 Å². The summed E-state index contributed by atoms with van der Waals surface area (Å²) in [4.78, 5) is 11.3. The number of aliphatic hydroxyl groups excluding tert-OH is 1. The Morgan fingerprint density at radius 2 is 1.21 bits per heavy atom. The molecular weight excluding hydrogens is 430 g/mol. The number of nitrogens with one attached hydrogen (secondary N) is 1. The van der Waals surface area contributed by atoms with Gasteiger partial charge < -0.3 is 19.7 Å². The van der Waals surface area contributed by atoms with Gasteiger partial charge in [-0.15, -0.1) is 0 Å². The molecule has 2 atom stereocenters. The number of carboxylic acid groups (broad SMARTS) is 1. The van der Waals surface area contributed by atoms with Crippen LogP contribution in [0.25, 0.3) is 0 Å². The lowest BCUT2D eigenvalue weighted by atomic mass is 10.0. The molecule has 3 N–H and O–H groups in total. The van der Waals surface area contributed by atoms with Crippen LogP contribution >= 0.6 is 0 Å². The Balaban J connectivity index is 3.42. The highest BCUT2D eigenvalue weighted by molar-refractivity contribution is 5.73. The van der Waals surface area contributed by atoms with E-state index in [-0.39, 0.29) is 19.8 Å². The fourth-order valence-electron chi connectivity index (χ4n) is 3.86. The fourth-order valence-corrected chi connectivity index (χ4v) is 3.86. The molecule has 0 aromatic heterocycles. The summed E-state index contributed by atoms with van der Waals surface area (Å²) in [5.41, 5.74) is -0.399. The normalized spacial score (nSPS) is 13.8. The number of rotatable bonds is 25. The lowest BCUT2D eigenvalue weighted by Crippen LogP contribution is -2.46. The van der Waals surface area contributed by atoms with Crippen LogP contribution in [-0.4, -0.2) is 60.3 Å². The number of carbonyl (C=O) groups is 1. The Bertz CT molecular complexity index is 453. The van der Waals surface area contributed by atoms with E-state index in [0.29, 0.717) is 6.61 Å². The number of hydrogen-bond donors (Lipinski definition) is 3. The van der Waals surface area contributed by atoms with Crippen molar-refractivity contribution in [1.29, 1.82) is 0 Å². The van der Waals surface area contributed by atoms with E-state index in [9.17, 15) is 15.0 Å². The van der Waals surface area contributed by atoms with Gasteiger partial charge >= 0.3 is 5.97 Å². The summed E-state index contributed by atoms with van der Waals surface area (Å²) in [6.45, 7) is 9.02. The van der Waals surface area contributed by atoms with Crippen LogP contribution in [-0.2, 0) is 14.3 Å². The SMILES string of the molecule is CCCCCCCCCCCCCCCCCCOCC(O)CNC(COC(C)(C)C)C(=O)O. The molecule has 0 amide bonds. The Kier molecular flexibility index (Phi) is 22.3. The van der Waals surface area contributed by atoms with Gasteiger partial charge in [0.05, 0.1) is 24.9 Å². The first-order chi connectivity index (χ1) is 16.3. The molecule has 0 aliphatic heterocycles. The van der Waals surface area contributed by atoms with Crippen molar-refractivity contribution in [2.75, 3.05) is 26.4 Å². The molecule has 0 radical (unpaired) electrons. The van der Waals surface area contributed by atoms with Crippen molar-refractivity contribution >= 4 is 5.97 Å². The number of aliphatic hydroxyl groups is 1. The smallest absolute Gasteiger partial charge is 0.323 e. The minimum atomic E-state index is -0.981. The van der Waals surface area contributed by atoms with E-state index in [2.05, 4.69) is 12.2 Å². The van der Waals surface area contributed by atoms with Gasteiger partial charge in [-0.05, 0) is 27.2 Å². The molecular formula is C28H57NO5. The molecule has 0 bridgehead atoms. The number of aliphatic carboxylic acids is 1. The molecule has 0 saturated carbocycles. The van der Waals surface area contributed by atoms with Gasteiger partial charge in [-0.25, -0.2) is 0 Å². The zero-order chi connectivity index (χ0) is 25.5. The molecule has 0 spiro atoms. The topological polar surface area (TPSA) is 88.0 Å². The molecule has 6 heteroatoms. The number of hydrogen-bond acceptors (Lipinski definition) is 5. The minimum absolute atomic E-state index is 0.0611. The summed E-state index contributed by atoms with van der Waals surface area (Å²) in [5.74, 6) is -0.981. The predicted octanol–water partition coefficient (Wildman–Crippen LogP) is 6.48. The van der Waals surface area contributed by atoms with Crippen molar-refractivity contribution in [3.05, 3.63) is 0 Å². The number of unbranched alkanes of at least 4 members (excludes halogenated alkanes) is 15. The summed E-state index contributed by atoms with van der Waals surface area (Å²) >= 11 is 0. The van der Waals surface area contributed by atoms with Crippen LogP contribution < -0.4 is 5.32 Å². The van der Waals surface area contributed by atoms with Crippen LogP contribution in [0.15, 0.2) is 0 Å². The van der Waals surface area contributed by atoms with Crippen molar-refractivity contribution in [2.24, 2.45) is 0 Å². The highest BCUT2D eigenvalue weighted by Crippen LogP contribution is 2.13. The van der Waals surface area contributed by atoms with Gasteiger partial charge in [0.2, 0.25) is 0 Å². The maximum atomic E-state index is 11.3. The highest BCUT2D eigenvalue weighted by atomic mass is 16.5. The molecule has 0 aliphatic carbocycles. The molecule has 204 valence electrons. The van der Waals surface area contributed by atoms with Crippen LogP contribution in [0.3, 0.4) is 0 Å². The maximum Gasteiger partial charge on any atom is 0.323 e. The zero-order valence-electron chi connectivity index (χ0n) is 22.9. The first kappa shape index (κ1) is 33.3. The van der Waals surface area contributed by atoms with Crippen LogP contribution in [0.4, 0.5) is 0 Å². The number of carboxylic acids is 1. The van der Waals surface area contributed by atoms with Gasteiger partial charge in [0.1, 0.15) is 6.04 Å². The van der Waals surface area contributed by atoms with Crippen molar-refractivity contribution in [2.45, 2.75) is 148 Å². The van der Waals surface area contributed by atoms with Crippen molar-refractivity contribution in [3.8, 4) is 0 Å². The monoisotopic (exact) mass is 487 g/mol. The maximum absolute atomic E-state index is 11.3. The highest BCUT2D eigenvalue weighted by Gasteiger charge is 2.21. The van der Waals surface area contributed by atoms with Gasteiger partial charge in [-0.3, -0.25) is 10.1 Å². The van der Waals surface area contributed by atoms with Gasteiger partial charge in [-0.2, -0.15) is 0 Å². The second-order valence-electron chi connectivity index (χ2n) is 10.8. The Hall–Kier alpha value is -0.690. The molecule has 6 nitrogen and oxygen atoms in total. The molecule has 2 unspecified atom stereocenters. The summed E-state index contributed by atoms with van der Waals surface area (Å²) in [7, 11) is 0. The third-order valence-corrected chi connectivity index (χ3v) is 6.03. The van der Waals surface area contributed by atoms with Crippen molar-refractivity contribution < 1.29 is 24.5 Å². The summed E-state index contributed by atoms with van der Waals surface area (Å²) < 4.78 is 11.1. The first-order valence-electron chi connectivity index (χ1n) is 14.1. The third-order valence-electron chi connectivity index (χ3n) is 6.03. The lowest BCUT2D eigenvalue weighted by molar-refractivity contribution is -0.143. The van der Waals surface area contributed by atoms with E-state index in [0.717, 1.165) is 12.8 Å². The van der Waals surface area contributed by atoms with Crippen LogP contribution in [0, 0.1) is 0 Å². The Morgan fingerprint density at radius 3 is 1.62 bits per heavy atom. The molecule has 0 aromatic rings. The van der Waals surface area contributed by atoms with Gasteiger partial charge in [-0.1, -0.05) is 103 Å². The van der Waals surface area contributed by atoms with E-state index >= 15 is 0 Å².